The molecule has 16 heavy (non-hydrogen) atoms. The number of halogens is 1. The van der Waals surface area contributed by atoms with Crippen LogP contribution in [0.2, 0.25) is 0 Å². The van der Waals surface area contributed by atoms with Gasteiger partial charge in [0, 0.05) is 16.7 Å². The highest BCUT2D eigenvalue weighted by molar-refractivity contribution is 9.10. The second kappa shape index (κ2) is 7.80. The number of unbranched alkanes of at least 4 members (excludes halogenated alkanes) is 1. The van der Waals surface area contributed by atoms with E-state index in [1.54, 1.807) is 0 Å². The van der Waals surface area contributed by atoms with Gasteiger partial charge in [0.05, 0.1) is 5.69 Å². The van der Waals surface area contributed by atoms with Crippen LogP contribution in [-0.4, -0.2) is 11.5 Å². The average molecular weight is 285 g/mol. The molecular formula is C13H21BrN2. The summed E-state index contributed by atoms with van der Waals surface area (Å²) in [6.45, 7) is 5.48. The van der Waals surface area contributed by atoms with E-state index in [9.17, 15) is 0 Å². The quantitative estimate of drug-likeness (QED) is 0.816. The maximum atomic E-state index is 4.48. The van der Waals surface area contributed by atoms with E-state index in [2.05, 4.69) is 52.2 Å². The van der Waals surface area contributed by atoms with Crippen LogP contribution in [0.3, 0.4) is 0 Å². The van der Waals surface area contributed by atoms with Crippen molar-refractivity contribution in [1.29, 1.82) is 0 Å². The maximum Gasteiger partial charge on any atom is 0.0574 e. The van der Waals surface area contributed by atoms with Gasteiger partial charge < -0.3 is 5.32 Å². The number of hydrogen-bond donors (Lipinski definition) is 1. The zero-order valence-electron chi connectivity index (χ0n) is 10.2. The van der Waals surface area contributed by atoms with E-state index in [4.69, 9.17) is 0 Å². The number of nitrogens with one attached hydrogen (secondary N) is 1. The van der Waals surface area contributed by atoms with Crippen LogP contribution in [0.15, 0.2) is 22.8 Å². The summed E-state index contributed by atoms with van der Waals surface area (Å²) in [4.78, 5) is 4.48. The number of aromatic nitrogens is 1. The predicted molar refractivity (Wildman–Crippen MR) is 72.5 cm³/mol. The minimum atomic E-state index is 0.410. The lowest BCUT2D eigenvalue weighted by molar-refractivity contribution is 0.472. The van der Waals surface area contributed by atoms with Crippen molar-refractivity contribution in [3.63, 3.8) is 0 Å². The average Bonchev–Trinajstić information content (AvgIpc) is 2.31. The fraction of sp³-hybridized carbons (Fsp3) is 0.615. The minimum absolute atomic E-state index is 0.410. The van der Waals surface area contributed by atoms with E-state index >= 15 is 0 Å². The van der Waals surface area contributed by atoms with Gasteiger partial charge in [0.15, 0.2) is 0 Å². The van der Waals surface area contributed by atoms with Gasteiger partial charge in [0.25, 0.3) is 0 Å². The first-order chi connectivity index (χ1) is 7.77. The minimum Gasteiger partial charge on any atom is -0.309 e. The van der Waals surface area contributed by atoms with Gasteiger partial charge in [-0.25, -0.2) is 0 Å². The van der Waals surface area contributed by atoms with Gasteiger partial charge in [-0.2, -0.15) is 0 Å². The normalized spacial score (nSPS) is 12.7. The zero-order valence-corrected chi connectivity index (χ0v) is 11.8. The van der Waals surface area contributed by atoms with Gasteiger partial charge in [0.2, 0.25) is 0 Å². The molecule has 1 rings (SSSR count). The third kappa shape index (κ3) is 4.62. The lowest BCUT2D eigenvalue weighted by atomic mass is 10.1. The van der Waals surface area contributed by atoms with Gasteiger partial charge in [0.1, 0.15) is 0 Å². The van der Waals surface area contributed by atoms with Gasteiger partial charge in [-0.3, -0.25) is 4.98 Å². The zero-order chi connectivity index (χ0) is 11.8. The summed E-state index contributed by atoms with van der Waals surface area (Å²) in [5.41, 5.74) is 1.16. The van der Waals surface area contributed by atoms with Crippen molar-refractivity contribution in [2.75, 3.05) is 6.54 Å². The highest BCUT2D eigenvalue weighted by Gasteiger charge is 2.10. The first-order valence-corrected chi connectivity index (χ1v) is 6.92. The van der Waals surface area contributed by atoms with Crippen LogP contribution in [-0.2, 0) is 0 Å². The van der Waals surface area contributed by atoms with E-state index in [0.29, 0.717) is 6.04 Å². The SMILES string of the molecule is CCCCC(NCCC)c1ccc(Br)cn1. The molecule has 0 fully saturated rings. The van der Waals surface area contributed by atoms with Crippen molar-refractivity contribution < 1.29 is 0 Å². The largest absolute Gasteiger partial charge is 0.309 e. The van der Waals surface area contributed by atoms with Crippen LogP contribution in [0.25, 0.3) is 0 Å². The number of pyridine rings is 1. The predicted octanol–water partition coefficient (Wildman–Crippen LogP) is 4.08. The molecule has 2 nitrogen and oxygen atoms in total. The Kier molecular flexibility index (Phi) is 6.65. The Morgan fingerprint density at radius 1 is 1.31 bits per heavy atom. The molecular weight excluding hydrogens is 264 g/mol. The van der Waals surface area contributed by atoms with E-state index < -0.39 is 0 Å². The molecule has 1 unspecified atom stereocenters. The molecule has 1 aromatic rings. The standard InChI is InChI=1S/C13H21BrN2/c1-3-5-6-12(15-9-4-2)13-8-7-11(14)10-16-13/h7-8,10,12,15H,3-6,9H2,1-2H3. The Morgan fingerprint density at radius 2 is 2.12 bits per heavy atom. The molecule has 1 aromatic heterocycles. The first kappa shape index (κ1) is 13.7. The molecule has 0 aliphatic heterocycles. The monoisotopic (exact) mass is 284 g/mol. The summed E-state index contributed by atoms with van der Waals surface area (Å²) < 4.78 is 1.04. The second-order valence-corrected chi connectivity index (χ2v) is 4.97. The van der Waals surface area contributed by atoms with Crippen LogP contribution in [0.4, 0.5) is 0 Å². The molecule has 0 saturated carbocycles. The molecule has 3 heteroatoms. The summed E-state index contributed by atoms with van der Waals surface area (Å²) in [5, 5.41) is 3.56. The van der Waals surface area contributed by atoms with Crippen molar-refractivity contribution >= 4 is 15.9 Å². The summed E-state index contributed by atoms with van der Waals surface area (Å²) in [5.74, 6) is 0. The van der Waals surface area contributed by atoms with Gasteiger partial charge in [-0.05, 0) is 47.4 Å². The van der Waals surface area contributed by atoms with Crippen LogP contribution in [0, 0.1) is 0 Å². The summed E-state index contributed by atoms with van der Waals surface area (Å²) in [6, 6.07) is 4.58. The van der Waals surface area contributed by atoms with Crippen molar-refractivity contribution in [1.82, 2.24) is 10.3 Å². The van der Waals surface area contributed by atoms with Crippen LogP contribution >= 0.6 is 15.9 Å². The van der Waals surface area contributed by atoms with E-state index in [1.807, 2.05) is 6.20 Å². The van der Waals surface area contributed by atoms with E-state index in [1.165, 1.54) is 25.7 Å². The number of rotatable bonds is 7. The van der Waals surface area contributed by atoms with Crippen LogP contribution in [0.5, 0.6) is 0 Å². The van der Waals surface area contributed by atoms with Gasteiger partial charge in [-0.1, -0.05) is 26.7 Å². The Morgan fingerprint density at radius 3 is 2.69 bits per heavy atom. The van der Waals surface area contributed by atoms with E-state index in [0.717, 1.165) is 16.7 Å². The van der Waals surface area contributed by atoms with Crippen molar-refractivity contribution in [2.24, 2.45) is 0 Å². The second-order valence-electron chi connectivity index (χ2n) is 4.05. The third-order valence-electron chi connectivity index (χ3n) is 2.59. The lowest BCUT2D eigenvalue weighted by Gasteiger charge is -2.17. The molecule has 90 valence electrons. The first-order valence-electron chi connectivity index (χ1n) is 6.12. The van der Waals surface area contributed by atoms with Crippen molar-refractivity contribution in [3.8, 4) is 0 Å². The van der Waals surface area contributed by atoms with Crippen LogP contribution in [0.1, 0.15) is 51.3 Å². The third-order valence-corrected chi connectivity index (χ3v) is 3.06. The molecule has 0 aromatic carbocycles. The molecule has 0 spiro atoms. The Bertz CT molecular complexity index is 276. The molecule has 1 atom stereocenters. The van der Waals surface area contributed by atoms with E-state index in [-0.39, 0.29) is 0 Å². The van der Waals surface area contributed by atoms with Crippen LogP contribution < -0.4 is 5.32 Å². The fourth-order valence-corrected chi connectivity index (χ4v) is 1.91. The number of hydrogen-bond acceptors (Lipinski definition) is 2. The van der Waals surface area contributed by atoms with Gasteiger partial charge in [-0.15, -0.1) is 0 Å². The molecule has 0 aliphatic rings. The maximum absolute atomic E-state index is 4.48. The Balaban J connectivity index is 2.62. The highest BCUT2D eigenvalue weighted by Crippen LogP contribution is 2.19. The molecule has 0 radical (unpaired) electrons. The molecule has 0 saturated heterocycles. The van der Waals surface area contributed by atoms with Crippen molar-refractivity contribution in [3.05, 3.63) is 28.5 Å². The Hall–Kier alpha value is -0.410. The lowest BCUT2D eigenvalue weighted by Crippen LogP contribution is -2.22. The highest BCUT2D eigenvalue weighted by atomic mass is 79.9. The molecule has 0 amide bonds. The molecule has 1 heterocycles. The summed E-state index contributed by atoms with van der Waals surface area (Å²) in [7, 11) is 0. The number of nitrogens with zero attached hydrogens (tertiary/aromatic N) is 1. The molecule has 0 aliphatic carbocycles. The molecule has 1 N–H and O–H groups in total. The van der Waals surface area contributed by atoms with Crippen molar-refractivity contribution in [2.45, 2.75) is 45.6 Å². The summed E-state index contributed by atoms with van der Waals surface area (Å²) in [6.07, 6.45) is 6.70. The summed E-state index contributed by atoms with van der Waals surface area (Å²) >= 11 is 3.42. The Labute approximate surface area is 107 Å². The smallest absolute Gasteiger partial charge is 0.0574 e. The fourth-order valence-electron chi connectivity index (χ4n) is 1.67. The van der Waals surface area contributed by atoms with Gasteiger partial charge >= 0.3 is 0 Å². The topological polar surface area (TPSA) is 24.9 Å². The molecule has 0 bridgehead atoms.